The summed E-state index contributed by atoms with van der Waals surface area (Å²) in [6.07, 6.45) is 1.94. The molecule has 1 heterocycles. The van der Waals surface area contributed by atoms with E-state index in [0.29, 0.717) is 50.6 Å². The first-order chi connectivity index (χ1) is 29.4. The maximum atomic E-state index is 13.3. The number of ketones is 1. The van der Waals surface area contributed by atoms with Crippen molar-refractivity contribution in [3.8, 4) is 5.75 Å². The number of carbonyl (C=O) groups excluding carboxylic acids is 5. The molecular weight excluding hydrogens is 847 g/mol. The van der Waals surface area contributed by atoms with Crippen LogP contribution in [0.5, 0.6) is 5.75 Å². The second kappa shape index (κ2) is 26.1. The molecule has 0 radical (unpaired) electrons. The lowest BCUT2D eigenvalue weighted by Gasteiger charge is -2.41. The molecule has 2 aromatic rings. The number of unbranched alkanes of at least 4 members (excludes halogenated alkanes) is 5. The van der Waals surface area contributed by atoms with Gasteiger partial charge in [-0.05, 0) is 76.1 Å². The Hall–Kier alpha value is -3.83. The van der Waals surface area contributed by atoms with Crippen LogP contribution in [0.15, 0.2) is 30.3 Å². The Morgan fingerprint density at radius 2 is 1.53 bits per heavy atom. The van der Waals surface area contributed by atoms with Gasteiger partial charge in [0.15, 0.2) is 12.0 Å². The van der Waals surface area contributed by atoms with E-state index in [2.05, 4.69) is 10.6 Å². The van der Waals surface area contributed by atoms with Crippen molar-refractivity contribution in [1.82, 2.24) is 10.6 Å². The van der Waals surface area contributed by atoms with Crippen molar-refractivity contribution in [2.24, 2.45) is 5.92 Å². The molecule has 2 amide bonds. The zero-order chi connectivity index (χ0) is 46.0. The quantitative estimate of drug-likeness (QED) is 0.0566. The van der Waals surface area contributed by atoms with Crippen LogP contribution in [-0.2, 0) is 51.3 Å². The van der Waals surface area contributed by atoms with Crippen molar-refractivity contribution in [3.63, 3.8) is 0 Å². The van der Waals surface area contributed by atoms with Gasteiger partial charge in [-0.25, -0.2) is 0 Å². The fourth-order valence-corrected chi connectivity index (χ4v) is 7.60. The van der Waals surface area contributed by atoms with E-state index in [1.807, 2.05) is 24.3 Å². The Labute approximate surface area is 374 Å². The molecule has 2 aromatic carbocycles. The molecule has 1 saturated heterocycles. The molecule has 6 atom stereocenters. The van der Waals surface area contributed by atoms with Crippen LogP contribution in [0.1, 0.15) is 125 Å². The number of halogens is 2. The predicted octanol–water partition coefficient (Wildman–Crippen LogP) is 6.06. The molecule has 5 N–H and O–H groups in total. The first-order valence-electron chi connectivity index (χ1n) is 21.1. The van der Waals surface area contributed by atoms with Gasteiger partial charge in [0.1, 0.15) is 42.3 Å². The fraction of sp³-hybridized carbons (Fsp3) is 0.622. The Balaban J connectivity index is 1.34. The fourth-order valence-electron chi connectivity index (χ4n) is 7.03. The van der Waals surface area contributed by atoms with Crippen LogP contribution >= 0.6 is 23.2 Å². The van der Waals surface area contributed by atoms with Crippen molar-refractivity contribution in [1.29, 1.82) is 0 Å². The number of carbonyl (C=O) groups is 5. The van der Waals surface area contributed by atoms with Gasteiger partial charge in [-0.2, -0.15) is 0 Å². The van der Waals surface area contributed by atoms with E-state index >= 15 is 0 Å². The zero-order valence-electron chi connectivity index (χ0n) is 36.6. The minimum absolute atomic E-state index is 0.0284. The molecule has 0 aliphatic carbocycles. The molecule has 1 fully saturated rings. The molecule has 3 rings (SSSR count). The molecule has 15 nitrogen and oxygen atoms in total. The van der Waals surface area contributed by atoms with E-state index in [1.54, 1.807) is 27.7 Å². The highest BCUT2D eigenvalue weighted by Crippen LogP contribution is 2.38. The van der Waals surface area contributed by atoms with Crippen LogP contribution in [0.25, 0.3) is 0 Å². The number of benzene rings is 2. The van der Waals surface area contributed by atoms with Gasteiger partial charge in [0.2, 0.25) is 5.91 Å². The van der Waals surface area contributed by atoms with Crippen LogP contribution < -0.4 is 15.4 Å². The molecule has 1 aliphatic heterocycles. The SMILES string of the molecule is COC(=O)[C@H](CCCCCC(=O)CCCCCCC(=O)NCc1cccc(COc2c(Cl)cc(C(=O)N[C@H]3[C@@H](OC)O[C@H](CO)[C@@H](O)[C@@H]3O)c(C)c2Cl)c1)CC(=O)OC(C)(C)C. The lowest BCUT2D eigenvalue weighted by molar-refractivity contribution is -0.261. The number of aliphatic hydroxyl groups is 3. The number of rotatable bonds is 25. The summed E-state index contributed by atoms with van der Waals surface area (Å²) >= 11 is 13.2. The van der Waals surface area contributed by atoms with Gasteiger partial charge < -0.3 is 49.6 Å². The summed E-state index contributed by atoms with van der Waals surface area (Å²) < 4.78 is 26.9. The van der Waals surface area contributed by atoms with Gasteiger partial charge in [-0.3, -0.25) is 24.0 Å². The van der Waals surface area contributed by atoms with Crippen LogP contribution in [0.2, 0.25) is 10.0 Å². The van der Waals surface area contributed by atoms with E-state index in [9.17, 15) is 39.3 Å². The van der Waals surface area contributed by atoms with Gasteiger partial charge in [-0.1, -0.05) is 73.2 Å². The summed E-state index contributed by atoms with van der Waals surface area (Å²) in [5.74, 6) is -1.80. The van der Waals surface area contributed by atoms with Gasteiger partial charge in [-0.15, -0.1) is 0 Å². The van der Waals surface area contributed by atoms with Crippen LogP contribution in [0.4, 0.5) is 0 Å². The number of hydrogen-bond acceptors (Lipinski definition) is 13. The highest BCUT2D eigenvalue weighted by Gasteiger charge is 2.45. The second-order valence-electron chi connectivity index (χ2n) is 16.6. The first-order valence-corrected chi connectivity index (χ1v) is 21.9. The Kier molecular flexibility index (Phi) is 22.1. The number of ether oxygens (including phenoxy) is 5. The Morgan fingerprint density at radius 3 is 2.16 bits per heavy atom. The van der Waals surface area contributed by atoms with Crippen molar-refractivity contribution in [3.05, 3.63) is 62.6 Å². The predicted molar refractivity (Wildman–Crippen MR) is 232 cm³/mol. The van der Waals surface area contributed by atoms with Crippen LogP contribution in [0, 0.1) is 12.8 Å². The van der Waals surface area contributed by atoms with Crippen LogP contribution in [-0.4, -0.2) is 102 Å². The highest BCUT2D eigenvalue weighted by atomic mass is 35.5. The highest BCUT2D eigenvalue weighted by molar-refractivity contribution is 6.38. The first kappa shape index (κ1) is 52.5. The van der Waals surface area contributed by atoms with E-state index in [0.717, 1.165) is 43.2 Å². The van der Waals surface area contributed by atoms with Crippen molar-refractivity contribution in [2.45, 2.75) is 154 Å². The molecule has 0 spiro atoms. The third-order valence-electron chi connectivity index (χ3n) is 10.4. The monoisotopic (exact) mass is 910 g/mol. The van der Waals surface area contributed by atoms with Crippen LogP contribution in [0.3, 0.4) is 0 Å². The largest absolute Gasteiger partial charge is 0.486 e. The Morgan fingerprint density at radius 1 is 0.887 bits per heavy atom. The van der Waals surface area contributed by atoms with Crippen molar-refractivity contribution in [2.75, 3.05) is 20.8 Å². The summed E-state index contributed by atoms with van der Waals surface area (Å²) in [6.45, 7) is 6.79. The maximum absolute atomic E-state index is 13.3. The molecule has 0 bridgehead atoms. The van der Waals surface area contributed by atoms with E-state index < -0.39 is 66.6 Å². The molecule has 17 heteroatoms. The van der Waals surface area contributed by atoms with E-state index in [-0.39, 0.29) is 46.1 Å². The molecular formula is C45H64Cl2N2O13. The van der Waals surface area contributed by atoms with Gasteiger partial charge in [0.05, 0.1) is 36.1 Å². The van der Waals surface area contributed by atoms with Crippen molar-refractivity contribution < 1.29 is 63.0 Å². The lowest BCUT2D eigenvalue weighted by Crippen LogP contribution is -2.64. The number of methoxy groups -OCH3 is 2. The van der Waals surface area contributed by atoms with Gasteiger partial charge in [0.25, 0.3) is 5.91 Å². The third kappa shape index (κ3) is 17.0. The third-order valence-corrected chi connectivity index (χ3v) is 11.2. The topological polar surface area (TPSA) is 216 Å². The number of aliphatic hydroxyl groups excluding tert-OH is 3. The lowest BCUT2D eigenvalue weighted by atomic mass is 9.96. The maximum Gasteiger partial charge on any atom is 0.309 e. The average molecular weight is 912 g/mol. The number of esters is 2. The summed E-state index contributed by atoms with van der Waals surface area (Å²) in [5, 5.41) is 36.1. The Bertz CT molecular complexity index is 1800. The summed E-state index contributed by atoms with van der Waals surface area (Å²) in [7, 11) is 2.61. The molecule has 346 valence electrons. The smallest absolute Gasteiger partial charge is 0.309 e. The standard InChI is InChI=1S/C45H64Cl2N2O13/c1-27-32(42(56)49-38-40(55)39(54)34(25-50)61-44(38)59-6)23-33(46)41(37(27)47)60-26-29-16-14-15-28(21-29)24-48-35(52)20-13-8-7-11-18-31(51)19-12-9-10-17-30(43(57)58-5)22-36(53)62-45(2,3)4/h14-16,21,23,30,34,38-40,44,50,54-55H,7-13,17-20,22,24-26H2,1-6H3,(H,48,52)(H,49,56)/t30-,34-,38-,39-,40-,44+/m1/s1. The summed E-state index contributed by atoms with van der Waals surface area (Å²) in [4.78, 5) is 62.6. The number of amides is 2. The molecule has 0 saturated carbocycles. The van der Waals surface area contributed by atoms with Crippen molar-refractivity contribution >= 4 is 52.7 Å². The van der Waals surface area contributed by atoms with Gasteiger partial charge >= 0.3 is 11.9 Å². The van der Waals surface area contributed by atoms with E-state index in [1.165, 1.54) is 20.3 Å². The number of hydrogen-bond donors (Lipinski definition) is 5. The second-order valence-corrected chi connectivity index (χ2v) is 17.3. The molecule has 1 aliphatic rings. The minimum atomic E-state index is -1.49. The number of Topliss-reactive ketones (excluding diaryl/α,β-unsaturated/α-hetero) is 1. The zero-order valence-corrected chi connectivity index (χ0v) is 38.1. The summed E-state index contributed by atoms with van der Waals surface area (Å²) in [5.41, 5.74) is 1.48. The molecule has 0 unspecified atom stereocenters. The van der Waals surface area contributed by atoms with E-state index in [4.69, 9.17) is 46.9 Å². The molecule has 0 aromatic heterocycles. The minimum Gasteiger partial charge on any atom is -0.486 e. The molecule has 62 heavy (non-hydrogen) atoms. The summed E-state index contributed by atoms with van der Waals surface area (Å²) in [6, 6.07) is 7.69. The number of nitrogens with one attached hydrogen (secondary N) is 2. The van der Waals surface area contributed by atoms with Gasteiger partial charge in [0, 0.05) is 38.5 Å². The average Bonchev–Trinajstić information content (AvgIpc) is 3.22. The normalized spacial score (nSPS) is 19.3.